The number of carbonyl (C=O) groups is 1. The van der Waals surface area contributed by atoms with Crippen molar-refractivity contribution >= 4 is 11.7 Å². The third-order valence-corrected chi connectivity index (χ3v) is 2.99. The van der Waals surface area contributed by atoms with Gasteiger partial charge in [0.1, 0.15) is 6.23 Å². The van der Waals surface area contributed by atoms with E-state index < -0.39 is 24.0 Å². The van der Waals surface area contributed by atoms with Crippen LogP contribution in [0.15, 0.2) is 30.0 Å². The molecule has 1 unspecified atom stereocenters. The number of benzene rings is 1. The number of urea groups is 1. The van der Waals surface area contributed by atoms with Gasteiger partial charge in [0.2, 0.25) is 0 Å². The smallest absolute Gasteiger partial charge is 0.370 e. The van der Waals surface area contributed by atoms with Gasteiger partial charge in [-0.15, -0.1) is 0 Å². The Kier molecular flexibility index (Phi) is 3.47. The van der Waals surface area contributed by atoms with Crippen molar-refractivity contribution in [3.63, 3.8) is 0 Å². The summed E-state index contributed by atoms with van der Waals surface area (Å²) in [6.45, 7) is 3.09. The molecule has 7 heteroatoms. The van der Waals surface area contributed by atoms with Gasteiger partial charge in [0.05, 0.1) is 11.3 Å². The predicted octanol–water partition coefficient (Wildman–Crippen LogP) is 2.77. The molecule has 1 aromatic rings. The van der Waals surface area contributed by atoms with Crippen molar-refractivity contribution in [1.82, 2.24) is 5.32 Å². The normalized spacial score (nSPS) is 19.7. The lowest BCUT2D eigenvalue weighted by atomic mass is 10.1. The zero-order valence-corrected chi connectivity index (χ0v) is 10.8. The summed E-state index contributed by atoms with van der Waals surface area (Å²) < 4.78 is 37.8. The molecule has 0 saturated carbocycles. The van der Waals surface area contributed by atoms with Crippen LogP contribution in [0.2, 0.25) is 0 Å². The lowest BCUT2D eigenvalue weighted by Crippen LogP contribution is -2.48. The van der Waals surface area contributed by atoms with E-state index in [1.54, 1.807) is 6.92 Å². The Labute approximate surface area is 113 Å². The van der Waals surface area contributed by atoms with E-state index in [4.69, 9.17) is 0 Å². The van der Waals surface area contributed by atoms with Gasteiger partial charge in [0, 0.05) is 5.70 Å². The molecule has 2 N–H and O–H groups in total. The topological polar surface area (TPSA) is 52.6 Å². The zero-order valence-electron chi connectivity index (χ0n) is 10.8. The van der Waals surface area contributed by atoms with E-state index in [1.807, 2.05) is 0 Å². The third-order valence-electron chi connectivity index (χ3n) is 2.99. The zero-order chi connectivity index (χ0) is 15.1. The number of anilines is 1. The van der Waals surface area contributed by atoms with Crippen molar-refractivity contribution in [3.05, 3.63) is 41.1 Å². The second kappa shape index (κ2) is 4.82. The number of carbonyl (C=O) groups excluding carboxylic acids is 1. The number of nitrogens with zero attached hydrogens (tertiary/aromatic N) is 1. The van der Waals surface area contributed by atoms with E-state index in [9.17, 15) is 23.1 Å². The molecule has 0 aromatic heterocycles. The number of halogens is 3. The minimum atomic E-state index is -4.42. The summed E-state index contributed by atoms with van der Waals surface area (Å²) in [5, 5.41) is 11.6. The molecule has 0 aliphatic carbocycles. The minimum Gasteiger partial charge on any atom is -0.370 e. The summed E-state index contributed by atoms with van der Waals surface area (Å²) in [5.74, 6) is 0. The molecule has 4 nitrogen and oxygen atoms in total. The van der Waals surface area contributed by atoms with Gasteiger partial charge >= 0.3 is 12.2 Å². The highest BCUT2D eigenvalue weighted by Gasteiger charge is 2.32. The molecule has 0 radical (unpaired) electrons. The fourth-order valence-corrected chi connectivity index (χ4v) is 2.08. The number of alkyl halides is 3. The SMILES string of the molecule is CC1=CC(O)NC(=O)N1c1ccc(C(F)(F)F)cc1C. The first kappa shape index (κ1) is 14.4. The highest BCUT2D eigenvalue weighted by atomic mass is 19.4. The Morgan fingerprint density at radius 1 is 1.30 bits per heavy atom. The van der Waals surface area contributed by atoms with Crippen LogP contribution in [-0.4, -0.2) is 17.4 Å². The van der Waals surface area contributed by atoms with E-state index in [2.05, 4.69) is 5.32 Å². The average Bonchev–Trinajstić information content (AvgIpc) is 2.28. The van der Waals surface area contributed by atoms with Crippen LogP contribution in [0.1, 0.15) is 18.1 Å². The number of aliphatic hydroxyl groups excluding tert-OH is 1. The number of allylic oxidation sites excluding steroid dienone is 1. The van der Waals surface area contributed by atoms with Crippen LogP contribution >= 0.6 is 0 Å². The van der Waals surface area contributed by atoms with Crippen LogP contribution in [0.3, 0.4) is 0 Å². The number of rotatable bonds is 1. The molecule has 1 aliphatic heterocycles. The number of hydrogen-bond donors (Lipinski definition) is 2. The molecule has 0 saturated heterocycles. The number of aryl methyl sites for hydroxylation is 1. The maximum absolute atomic E-state index is 12.6. The number of amides is 2. The van der Waals surface area contributed by atoms with Crippen molar-refractivity contribution in [1.29, 1.82) is 0 Å². The first-order chi connectivity index (χ1) is 9.20. The van der Waals surface area contributed by atoms with Crippen LogP contribution in [0, 0.1) is 6.92 Å². The van der Waals surface area contributed by atoms with Gasteiger partial charge in [-0.1, -0.05) is 0 Å². The van der Waals surface area contributed by atoms with Crippen LogP contribution in [0.25, 0.3) is 0 Å². The molecule has 1 aromatic carbocycles. The molecule has 1 heterocycles. The van der Waals surface area contributed by atoms with Gasteiger partial charge in [0.15, 0.2) is 0 Å². The first-order valence-electron chi connectivity index (χ1n) is 5.85. The van der Waals surface area contributed by atoms with E-state index in [1.165, 1.54) is 24.0 Å². The van der Waals surface area contributed by atoms with Gasteiger partial charge < -0.3 is 10.4 Å². The van der Waals surface area contributed by atoms with E-state index >= 15 is 0 Å². The molecule has 108 valence electrons. The second-order valence-corrected chi connectivity index (χ2v) is 4.54. The summed E-state index contributed by atoms with van der Waals surface area (Å²) in [4.78, 5) is 13.1. The van der Waals surface area contributed by atoms with Gasteiger partial charge in [0.25, 0.3) is 0 Å². The quantitative estimate of drug-likeness (QED) is 0.834. The van der Waals surface area contributed by atoms with Crippen molar-refractivity contribution in [2.24, 2.45) is 0 Å². The van der Waals surface area contributed by atoms with Crippen LogP contribution < -0.4 is 10.2 Å². The molecule has 2 amide bonds. The Hall–Kier alpha value is -2.02. The Bertz CT molecular complexity index is 581. The molecular formula is C13H13F3N2O2. The molecule has 0 spiro atoms. The molecule has 20 heavy (non-hydrogen) atoms. The molecule has 0 bridgehead atoms. The molecular weight excluding hydrogens is 273 g/mol. The summed E-state index contributed by atoms with van der Waals surface area (Å²) in [6, 6.07) is 2.57. The summed E-state index contributed by atoms with van der Waals surface area (Å²) in [7, 11) is 0. The summed E-state index contributed by atoms with van der Waals surface area (Å²) in [6.07, 6.45) is -4.11. The van der Waals surface area contributed by atoms with E-state index in [0.29, 0.717) is 16.9 Å². The van der Waals surface area contributed by atoms with E-state index in [-0.39, 0.29) is 0 Å². The Morgan fingerprint density at radius 3 is 2.45 bits per heavy atom. The number of nitrogens with one attached hydrogen (secondary N) is 1. The highest BCUT2D eigenvalue weighted by Crippen LogP contribution is 2.34. The lowest BCUT2D eigenvalue weighted by Gasteiger charge is -2.30. The molecule has 0 fully saturated rings. The van der Waals surface area contributed by atoms with Crippen molar-refractivity contribution in [2.75, 3.05) is 4.90 Å². The molecule has 1 aliphatic rings. The summed E-state index contributed by atoms with van der Waals surface area (Å²) in [5.41, 5.74) is 0.345. The van der Waals surface area contributed by atoms with Gasteiger partial charge in [-0.2, -0.15) is 13.2 Å². The average molecular weight is 286 g/mol. The molecule has 2 rings (SSSR count). The Balaban J connectivity index is 2.44. The van der Waals surface area contributed by atoms with Crippen LogP contribution in [0.4, 0.5) is 23.7 Å². The van der Waals surface area contributed by atoms with Crippen molar-refractivity contribution in [2.45, 2.75) is 26.3 Å². The minimum absolute atomic E-state index is 0.319. The molecule has 1 atom stereocenters. The van der Waals surface area contributed by atoms with Crippen molar-refractivity contribution in [3.8, 4) is 0 Å². The fraction of sp³-hybridized carbons (Fsp3) is 0.308. The largest absolute Gasteiger partial charge is 0.416 e. The Morgan fingerprint density at radius 2 is 1.95 bits per heavy atom. The fourth-order valence-electron chi connectivity index (χ4n) is 2.08. The van der Waals surface area contributed by atoms with Crippen molar-refractivity contribution < 1.29 is 23.1 Å². The third kappa shape index (κ3) is 2.62. The number of aliphatic hydroxyl groups is 1. The highest BCUT2D eigenvalue weighted by molar-refractivity contribution is 5.97. The van der Waals surface area contributed by atoms with Gasteiger partial charge in [-0.25, -0.2) is 4.79 Å². The number of hydrogen-bond acceptors (Lipinski definition) is 2. The van der Waals surface area contributed by atoms with Crippen LogP contribution in [-0.2, 0) is 6.18 Å². The van der Waals surface area contributed by atoms with Gasteiger partial charge in [-0.3, -0.25) is 4.90 Å². The standard InChI is InChI=1S/C13H13F3N2O2/c1-7-5-9(13(14,15)16)3-4-10(7)18-8(2)6-11(19)17-12(18)20/h3-6,11,19H,1-2H3,(H,17,20). The predicted molar refractivity (Wildman–Crippen MR) is 67.0 cm³/mol. The monoisotopic (exact) mass is 286 g/mol. The maximum Gasteiger partial charge on any atom is 0.416 e. The van der Waals surface area contributed by atoms with Crippen LogP contribution in [0.5, 0.6) is 0 Å². The first-order valence-corrected chi connectivity index (χ1v) is 5.85. The lowest BCUT2D eigenvalue weighted by molar-refractivity contribution is -0.137. The summed E-state index contributed by atoms with van der Waals surface area (Å²) >= 11 is 0. The second-order valence-electron chi connectivity index (χ2n) is 4.54. The van der Waals surface area contributed by atoms with E-state index in [0.717, 1.165) is 12.1 Å². The maximum atomic E-state index is 12.6. The van der Waals surface area contributed by atoms with Gasteiger partial charge in [-0.05, 0) is 43.7 Å².